The zero-order chi connectivity index (χ0) is 10.1. The van der Waals surface area contributed by atoms with Gasteiger partial charge < -0.3 is 10.2 Å². The molecule has 1 aliphatic carbocycles. The molecule has 2 unspecified atom stereocenters. The van der Waals surface area contributed by atoms with Crippen molar-refractivity contribution in [3.05, 3.63) is 0 Å². The summed E-state index contributed by atoms with van der Waals surface area (Å²) in [6.45, 7) is -0.326. The number of hydrogen-bond donors (Lipinski definition) is 2. The molecule has 13 heavy (non-hydrogen) atoms. The smallest absolute Gasteiger partial charge is 0.307 e. The van der Waals surface area contributed by atoms with Crippen molar-refractivity contribution in [1.29, 1.82) is 0 Å². The minimum absolute atomic E-state index is 0.0838. The summed E-state index contributed by atoms with van der Waals surface area (Å²) in [7, 11) is 0. The summed E-state index contributed by atoms with van der Waals surface area (Å²) in [6.07, 6.45) is -0.879. The van der Waals surface area contributed by atoms with E-state index in [9.17, 15) is 13.6 Å². The van der Waals surface area contributed by atoms with Crippen LogP contribution in [0.3, 0.4) is 0 Å². The van der Waals surface area contributed by atoms with Gasteiger partial charge in [0.25, 0.3) is 0 Å². The Hall–Kier alpha value is -0.710. The second kappa shape index (κ2) is 3.57. The molecule has 0 aromatic heterocycles. The Morgan fingerprint density at radius 2 is 2.15 bits per heavy atom. The molecule has 0 aromatic carbocycles. The van der Waals surface area contributed by atoms with E-state index in [1.807, 2.05) is 0 Å². The summed E-state index contributed by atoms with van der Waals surface area (Å²) in [5.41, 5.74) is 0. The molecule has 0 spiro atoms. The standard InChI is InChI=1S/C8H12F2O3/c9-8(10)2-1-5(4-11)6(3-8)7(12)13/h5-6,11H,1-4H2,(H,12,13). The maximum Gasteiger partial charge on any atom is 0.307 e. The topological polar surface area (TPSA) is 57.5 Å². The number of carboxylic acid groups (broad SMARTS) is 1. The van der Waals surface area contributed by atoms with Crippen LogP contribution in [-0.4, -0.2) is 28.7 Å². The highest BCUT2D eigenvalue weighted by atomic mass is 19.3. The Morgan fingerprint density at radius 3 is 2.62 bits per heavy atom. The molecule has 0 aromatic rings. The van der Waals surface area contributed by atoms with E-state index in [1.165, 1.54) is 0 Å². The maximum atomic E-state index is 12.8. The average Bonchev–Trinajstić information content (AvgIpc) is 2.03. The largest absolute Gasteiger partial charge is 0.481 e. The zero-order valence-corrected chi connectivity index (χ0v) is 7.04. The van der Waals surface area contributed by atoms with Gasteiger partial charge in [-0.1, -0.05) is 0 Å². The van der Waals surface area contributed by atoms with Crippen molar-refractivity contribution in [3.63, 3.8) is 0 Å². The molecular formula is C8H12F2O3. The first-order chi connectivity index (χ1) is 5.96. The van der Waals surface area contributed by atoms with E-state index in [2.05, 4.69) is 0 Å². The minimum atomic E-state index is -2.88. The van der Waals surface area contributed by atoms with E-state index < -0.39 is 30.1 Å². The van der Waals surface area contributed by atoms with Crippen LogP contribution >= 0.6 is 0 Å². The summed E-state index contributed by atoms with van der Waals surface area (Å²) >= 11 is 0. The molecule has 3 nitrogen and oxygen atoms in total. The number of alkyl halides is 2. The van der Waals surface area contributed by atoms with Gasteiger partial charge in [-0.15, -0.1) is 0 Å². The molecule has 1 saturated carbocycles. The van der Waals surface area contributed by atoms with Crippen molar-refractivity contribution in [1.82, 2.24) is 0 Å². The first-order valence-corrected chi connectivity index (χ1v) is 4.18. The number of hydrogen-bond acceptors (Lipinski definition) is 2. The molecule has 2 atom stereocenters. The van der Waals surface area contributed by atoms with E-state index in [0.29, 0.717) is 0 Å². The van der Waals surface area contributed by atoms with Crippen molar-refractivity contribution in [2.45, 2.75) is 25.2 Å². The molecule has 0 bridgehead atoms. The van der Waals surface area contributed by atoms with Crippen LogP contribution in [0.2, 0.25) is 0 Å². The predicted octanol–water partition coefficient (Wildman–Crippen LogP) is 1.11. The maximum absolute atomic E-state index is 12.8. The lowest BCUT2D eigenvalue weighted by atomic mass is 9.78. The molecule has 1 aliphatic rings. The van der Waals surface area contributed by atoms with Crippen molar-refractivity contribution in [3.8, 4) is 0 Å². The lowest BCUT2D eigenvalue weighted by Gasteiger charge is -2.32. The second-order valence-electron chi connectivity index (χ2n) is 3.49. The molecule has 0 amide bonds. The molecule has 76 valence electrons. The number of aliphatic carboxylic acids is 1. The van der Waals surface area contributed by atoms with Gasteiger partial charge in [-0.3, -0.25) is 4.79 Å². The monoisotopic (exact) mass is 194 g/mol. The van der Waals surface area contributed by atoms with Crippen LogP contribution in [0.25, 0.3) is 0 Å². The van der Waals surface area contributed by atoms with E-state index in [0.717, 1.165) is 0 Å². The summed E-state index contributed by atoms with van der Waals surface area (Å²) in [5.74, 6) is -5.74. The highest BCUT2D eigenvalue weighted by Gasteiger charge is 2.44. The minimum Gasteiger partial charge on any atom is -0.481 e. The second-order valence-corrected chi connectivity index (χ2v) is 3.49. The zero-order valence-electron chi connectivity index (χ0n) is 7.04. The van der Waals surface area contributed by atoms with Crippen LogP contribution in [0.4, 0.5) is 8.78 Å². The van der Waals surface area contributed by atoms with Crippen LogP contribution in [0.15, 0.2) is 0 Å². The third kappa shape index (κ3) is 2.37. The highest BCUT2D eigenvalue weighted by molar-refractivity contribution is 5.70. The Bertz CT molecular complexity index is 206. The molecule has 0 saturated heterocycles. The molecule has 1 fully saturated rings. The summed E-state index contributed by atoms with van der Waals surface area (Å²) < 4.78 is 25.6. The highest BCUT2D eigenvalue weighted by Crippen LogP contribution is 2.39. The molecule has 0 radical (unpaired) electrons. The quantitative estimate of drug-likeness (QED) is 0.692. The molecule has 0 heterocycles. The van der Waals surface area contributed by atoms with Gasteiger partial charge in [-0.05, 0) is 12.3 Å². The fourth-order valence-electron chi connectivity index (χ4n) is 1.70. The van der Waals surface area contributed by atoms with Gasteiger partial charge in [0.05, 0.1) is 5.92 Å². The third-order valence-electron chi connectivity index (χ3n) is 2.52. The first-order valence-electron chi connectivity index (χ1n) is 4.18. The van der Waals surface area contributed by atoms with Crippen LogP contribution < -0.4 is 0 Å². The van der Waals surface area contributed by atoms with Crippen LogP contribution in [0.1, 0.15) is 19.3 Å². The summed E-state index contributed by atoms with van der Waals surface area (Å²) in [6, 6.07) is 0. The summed E-state index contributed by atoms with van der Waals surface area (Å²) in [5, 5.41) is 17.4. The third-order valence-corrected chi connectivity index (χ3v) is 2.52. The number of aliphatic hydroxyl groups is 1. The number of rotatable bonds is 2. The summed E-state index contributed by atoms with van der Waals surface area (Å²) in [4.78, 5) is 10.6. The van der Waals surface area contributed by atoms with Crippen molar-refractivity contribution in [2.75, 3.05) is 6.61 Å². The first kappa shape index (κ1) is 10.4. The van der Waals surface area contributed by atoms with Crippen molar-refractivity contribution < 1.29 is 23.8 Å². The molecule has 5 heteroatoms. The van der Waals surface area contributed by atoms with Gasteiger partial charge in [0.2, 0.25) is 5.92 Å². The SMILES string of the molecule is O=C(O)C1CC(F)(F)CCC1CO. The van der Waals surface area contributed by atoms with Gasteiger partial charge in [0, 0.05) is 19.4 Å². The van der Waals surface area contributed by atoms with Crippen LogP contribution in [-0.2, 0) is 4.79 Å². The van der Waals surface area contributed by atoms with E-state index in [4.69, 9.17) is 10.2 Å². The van der Waals surface area contributed by atoms with Gasteiger partial charge in [-0.2, -0.15) is 0 Å². The Balaban J connectivity index is 2.69. The van der Waals surface area contributed by atoms with Gasteiger partial charge in [0.1, 0.15) is 0 Å². The van der Waals surface area contributed by atoms with Gasteiger partial charge in [-0.25, -0.2) is 8.78 Å². The molecule has 1 rings (SSSR count). The molecule has 2 N–H and O–H groups in total. The average molecular weight is 194 g/mol. The number of halogens is 2. The number of carboxylic acids is 1. The van der Waals surface area contributed by atoms with Crippen LogP contribution in [0, 0.1) is 11.8 Å². The molecular weight excluding hydrogens is 182 g/mol. The Labute approximate surface area is 74.4 Å². The predicted molar refractivity (Wildman–Crippen MR) is 40.5 cm³/mol. The molecule has 0 aliphatic heterocycles. The number of aliphatic hydroxyl groups excluding tert-OH is 1. The lowest BCUT2D eigenvalue weighted by molar-refractivity contribution is -0.154. The normalized spacial score (nSPS) is 32.8. The Kier molecular flexibility index (Phi) is 2.85. The van der Waals surface area contributed by atoms with E-state index >= 15 is 0 Å². The van der Waals surface area contributed by atoms with Crippen LogP contribution in [0.5, 0.6) is 0 Å². The lowest BCUT2D eigenvalue weighted by Crippen LogP contribution is -2.38. The number of carbonyl (C=O) groups is 1. The van der Waals surface area contributed by atoms with E-state index in [1.54, 1.807) is 0 Å². The van der Waals surface area contributed by atoms with E-state index in [-0.39, 0.29) is 19.4 Å². The van der Waals surface area contributed by atoms with Gasteiger partial charge in [0.15, 0.2) is 0 Å². The fraction of sp³-hybridized carbons (Fsp3) is 0.875. The Morgan fingerprint density at radius 1 is 1.54 bits per heavy atom. The van der Waals surface area contributed by atoms with Gasteiger partial charge >= 0.3 is 5.97 Å². The fourth-order valence-corrected chi connectivity index (χ4v) is 1.70. The van der Waals surface area contributed by atoms with Crippen molar-refractivity contribution in [2.24, 2.45) is 11.8 Å². The van der Waals surface area contributed by atoms with Crippen molar-refractivity contribution >= 4 is 5.97 Å².